The second-order valence-corrected chi connectivity index (χ2v) is 9.13. The number of hydrogen-bond donors (Lipinski definition) is 0. The van der Waals surface area contributed by atoms with Gasteiger partial charge in [0.15, 0.2) is 9.84 Å². The molecule has 2 aliphatic rings. The molecule has 2 saturated heterocycles. The highest BCUT2D eigenvalue weighted by molar-refractivity contribution is 7.91. The van der Waals surface area contributed by atoms with Crippen LogP contribution in [0.5, 0.6) is 0 Å². The first-order chi connectivity index (χ1) is 12.5. The summed E-state index contributed by atoms with van der Waals surface area (Å²) in [6, 6.07) is 10.9. The van der Waals surface area contributed by atoms with Gasteiger partial charge in [0.05, 0.1) is 36.9 Å². The van der Waals surface area contributed by atoms with Crippen molar-refractivity contribution in [2.75, 3.05) is 23.0 Å². The third kappa shape index (κ3) is 3.17. The number of nitrogens with zero attached hydrogens (tertiary/aromatic N) is 2. The molecule has 26 heavy (non-hydrogen) atoms. The maximum Gasteiger partial charge on any atom is 0.241 e. The number of benzene rings is 1. The fourth-order valence-electron chi connectivity index (χ4n) is 3.96. The minimum absolute atomic E-state index is 0.00753. The van der Waals surface area contributed by atoms with Crippen LogP contribution in [0.15, 0.2) is 47.1 Å². The Morgan fingerprint density at radius 1 is 1.12 bits per heavy atom. The van der Waals surface area contributed by atoms with Crippen molar-refractivity contribution in [1.82, 2.24) is 4.90 Å². The fraction of sp³-hybridized carbons (Fsp3) is 0.421. The van der Waals surface area contributed by atoms with E-state index in [1.54, 1.807) is 17.2 Å². The van der Waals surface area contributed by atoms with E-state index in [-0.39, 0.29) is 36.0 Å². The molecule has 0 N–H and O–H groups in total. The van der Waals surface area contributed by atoms with Crippen LogP contribution in [0.4, 0.5) is 5.69 Å². The van der Waals surface area contributed by atoms with Gasteiger partial charge in [0.25, 0.3) is 0 Å². The van der Waals surface area contributed by atoms with Gasteiger partial charge in [0, 0.05) is 11.7 Å². The summed E-state index contributed by atoms with van der Waals surface area (Å²) in [5, 5.41) is 0. The minimum atomic E-state index is -3.18. The largest absolute Gasteiger partial charge is 0.468 e. The molecule has 0 bridgehead atoms. The molecule has 0 saturated carbocycles. The summed E-state index contributed by atoms with van der Waals surface area (Å²) in [5.41, 5.74) is 1.96. The lowest BCUT2D eigenvalue weighted by Crippen LogP contribution is -2.61. The number of furan rings is 1. The Morgan fingerprint density at radius 2 is 1.85 bits per heavy atom. The maximum absolute atomic E-state index is 12.9. The number of aryl methyl sites for hydroxylation is 1. The van der Waals surface area contributed by atoms with Crippen LogP contribution in [0.2, 0.25) is 0 Å². The number of anilines is 1. The summed E-state index contributed by atoms with van der Waals surface area (Å²) in [5.74, 6) is 0.753. The van der Waals surface area contributed by atoms with Crippen molar-refractivity contribution in [2.24, 2.45) is 0 Å². The predicted octanol–water partition coefficient (Wildman–Crippen LogP) is 1.86. The average Bonchev–Trinajstić information content (AvgIpc) is 3.22. The number of sulfone groups is 1. The van der Waals surface area contributed by atoms with Gasteiger partial charge in [-0.05, 0) is 36.2 Å². The monoisotopic (exact) mass is 374 g/mol. The van der Waals surface area contributed by atoms with Gasteiger partial charge >= 0.3 is 0 Å². The molecule has 0 radical (unpaired) electrons. The number of rotatable bonds is 4. The molecule has 0 aliphatic carbocycles. The van der Waals surface area contributed by atoms with Crippen LogP contribution in [0.25, 0.3) is 0 Å². The summed E-state index contributed by atoms with van der Waals surface area (Å²) in [4.78, 5) is 16.5. The first-order valence-electron chi connectivity index (χ1n) is 8.85. The third-order valence-electron chi connectivity index (χ3n) is 5.26. The van der Waals surface area contributed by atoms with Crippen molar-refractivity contribution in [3.8, 4) is 0 Å². The van der Waals surface area contributed by atoms with Crippen molar-refractivity contribution in [3.63, 3.8) is 0 Å². The number of fused-ring (bicyclic) bond motifs is 1. The van der Waals surface area contributed by atoms with E-state index in [4.69, 9.17) is 4.42 Å². The highest BCUT2D eigenvalue weighted by Gasteiger charge is 2.49. The molecule has 1 aromatic carbocycles. The quantitative estimate of drug-likeness (QED) is 0.817. The lowest BCUT2D eigenvalue weighted by Gasteiger charge is -2.43. The van der Waals surface area contributed by atoms with Crippen molar-refractivity contribution in [1.29, 1.82) is 0 Å². The van der Waals surface area contributed by atoms with Crippen molar-refractivity contribution < 1.29 is 17.6 Å². The summed E-state index contributed by atoms with van der Waals surface area (Å²) >= 11 is 0. The van der Waals surface area contributed by atoms with E-state index >= 15 is 0 Å². The lowest BCUT2D eigenvalue weighted by molar-refractivity contribution is -0.123. The van der Waals surface area contributed by atoms with Gasteiger partial charge in [0.2, 0.25) is 5.91 Å². The van der Waals surface area contributed by atoms with Gasteiger partial charge in [-0.15, -0.1) is 0 Å². The summed E-state index contributed by atoms with van der Waals surface area (Å²) in [6.45, 7) is 2.71. The van der Waals surface area contributed by atoms with E-state index in [0.717, 1.165) is 17.9 Å². The molecule has 4 rings (SSSR count). The highest BCUT2D eigenvalue weighted by atomic mass is 32.2. The molecule has 1 amide bonds. The van der Waals surface area contributed by atoms with Gasteiger partial charge in [-0.25, -0.2) is 8.42 Å². The van der Waals surface area contributed by atoms with Crippen LogP contribution >= 0.6 is 0 Å². The zero-order valence-electron chi connectivity index (χ0n) is 14.7. The fourth-order valence-corrected chi connectivity index (χ4v) is 5.94. The topological polar surface area (TPSA) is 70.8 Å². The average molecular weight is 374 g/mol. The van der Waals surface area contributed by atoms with E-state index in [9.17, 15) is 13.2 Å². The molecular formula is C19H22N2O4S. The zero-order chi connectivity index (χ0) is 18.3. The number of carbonyl (C=O) groups excluding carboxylic acids is 1. The first kappa shape index (κ1) is 17.3. The molecular weight excluding hydrogens is 352 g/mol. The minimum Gasteiger partial charge on any atom is -0.468 e. The van der Waals surface area contributed by atoms with Gasteiger partial charge < -0.3 is 9.32 Å². The molecule has 7 heteroatoms. The molecule has 2 atom stereocenters. The van der Waals surface area contributed by atoms with Crippen LogP contribution < -0.4 is 4.90 Å². The normalized spacial score (nSPS) is 25.4. The third-order valence-corrected chi connectivity index (χ3v) is 6.96. The molecule has 2 fully saturated rings. The van der Waals surface area contributed by atoms with Gasteiger partial charge in [-0.1, -0.05) is 19.1 Å². The summed E-state index contributed by atoms with van der Waals surface area (Å²) in [7, 11) is -3.18. The van der Waals surface area contributed by atoms with Crippen LogP contribution in [-0.2, 0) is 27.6 Å². The van der Waals surface area contributed by atoms with Crippen molar-refractivity contribution >= 4 is 21.4 Å². The Hall–Kier alpha value is -2.12. The van der Waals surface area contributed by atoms with E-state index in [1.165, 1.54) is 5.56 Å². The molecule has 6 nitrogen and oxygen atoms in total. The number of hydrogen-bond acceptors (Lipinski definition) is 5. The van der Waals surface area contributed by atoms with Crippen LogP contribution in [0.3, 0.4) is 0 Å². The van der Waals surface area contributed by atoms with E-state index in [0.29, 0.717) is 6.54 Å². The van der Waals surface area contributed by atoms with Gasteiger partial charge in [-0.2, -0.15) is 0 Å². The van der Waals surface area contributed by atoms with E-state index in [2.05, 4.69) is 6.92 Å². The van der Waals surface area contributed by atoms with E-state index < -0.39 is 9.84 Å². The van der Waals surface area contributed by atoms with Gasteiger partial charge in [-0.3, -0.25) is 9.69 Å². The smallest absolute Gasteiger partial charge is 0.241 e. The van der Waals surface area contributed by atoms with Crippen LogP contribution in [0, 0.1) is 0 Å². The van der Waals surface area contributed by atoms with E-state index in [1.807, 2.05) is 35.2 Å². The molecule has 3 heterocycles. The van der Waals surface area contributed by atoms with Crippen molar-refractivity contribution in [2.45, 2.75) is 32.0 Å². The maximum atomic E-state index is 12.9. The second kappa shape index (κ2) is 6.55. The Balaban J connectivity index is 1.66. The second-order valence-electron chi connectivity index (χ2n) is 6.98. The Bertz CT molecular complexity index is 890. The molecule has 138 valence electrons. The summed E-state index contributed by atoms with van der Waals surface area (Å²) in [6.07, 6.45) is 2.51. The Morgan fingerprint density at radius 3 is 2.50 bits per heavy atom. The molecule has 2 aromatic rings. The standard InChI is InChI=1S/C19H22N2O4S/c1-2-14-5-7-15(8-6-14)21-18-13-26(23,24)12-17(18)20(11-19(21)22)10-16-4-3-9-25-16/h3-9,17-18H,2,10-13H2,1H3/t17-,18+/m0/s1. The Labute approximate surface area is 153 Å². The van der Waals surface area contributed by atoms with Crippen molar-refractivity contribution in [3.05, 3.63) is 54.0 Å². The Kier molecular flexibility index (Phi) is 4.36. The molecule has 2 aliphatic heterocycles. The van der Waals surface area contributed by atoms with Crippen LogP contribution in [-0.4, -0.2) is 49.4 Å². The zero-order valence-corrected chi connectivity index (χ0v) is 15.5. The summed E-state index contributed by atoms with van der Waals surface area (Å²) < 4.78 is 30.1. The lowest BCUT2D eigenvalue weighted by atomic mass is 10.0. The highest BCUT2D eigenvalue weighted by Crippen LogP contribution is 2.32. The number of piperazine rings is 1. The molecule has 0 spiro atoms. The molecule has 1 aromatic heterocycles. The molecule has 0 unspecified atom stereocenters. The number of amides is 1. The first-order valence-corrected chi connectivity index (χ1v) is 10.7. The predicted molar refractivity (Wildman–Crippen MR) is 98.7 cm³/mol. The van der Waals surface area contributed by atoms with Crippen LogP contribution in [0.1, 0.15) is 18.2 Å². The number of carbonyl (C=O) groups is 1. The van der Waals surface area contributed by atoms with Gasteiger partial charge in [0.1, 0.15) is 5.76 Å². The SMILES string of the molecule is CCc1ccc(N2C(=O)CN(Cc3ccco3)[C@H]3CS(=O)(=O)C[C@H]32)cc1.